The Labute approximate surface area is 84.2 Å². The van der Waals surface area contributed by atoms with E-state index in [-0.39, 0.29) is 0 Å². The van der Waals surface area contributed by atoms with Crippen molar-refractivity contribution in [3.8, 4) is 12.3 Å². The molecule has 0 aliphatic carbocycles. The van der Waals surface area contributed by atoms with Gasteiger partial charge in [-0.2, -0.15) is 0 Å². The van der Waals surface area contributed by atoms with Crippen LogP contribution in [0, 0.1) is 12.3 Å². The van der Waals surface area contributed by atoms with Crippen LogP contribution in [0.2, 0.25) is 0 Å². The van der Waals surface area contributed by atoms with Crippen LogP contribution in [0.4, 0.5) is 0 Å². The standard InChI is InChI=1S/C12H14O2/c1-3-10-6-4-5-7-11(10)12(14)8-9(2)13/h1,4-7,9,12-14H,8H2,2H3/t9-,12+/m0/s1. The normalized spacial score (nSPS) is 14.4. The third-order valence-corrected chi connectivity index (χ3v) is 2.04. The Morgan fingerprint density at radius 2 is 2.00 bits per heavy atom. The minimum atomic E-state index is -0.692. The van der Waals surface area contributed by atoms with Gasteiger partial charge in [-0.1, -0.05) is 24.1 Å². The molecule has 0 aliphatic heterocycles. The largest absolute Gasteiger partial charge is 0.393 e. The van der Waals surface area contributed by atoms with Gasteiger partial charge in [0.15, 0.2) is 0 Å². The summed E-state index contributed by atoms with van der Waals surface area (Å²) in [6, 6.07) is 7.21. The van der Waals surface area contributed by atoms with Gasteiger partial charge in [0.2, 0.25) is 0 Å². The van der Waals surface area contributed by atoms with E-state index < -0.39 is 12.2 Å². The second-order valence-corrected chi connectivity index (χ2v) is 3.33. The van der Waals surface area contributed by atoms with Crippen molar-refractivity contribution < 1.29 is 10.2 Å². The van der Waals surface area contributed by atoms with Gasteiger partial charge < -0.3 is 10.2 Å². The summed E-state index contributed by atoms with van der Waals surface area (Å²) in [5, 5.41) is 18.9. The number of terminal acetylenes is 1. The number of aliphatic hydroxyl groups is 2. The lowest BCUT2D eigenvalue weighted by Crippen LogP contribution is -2.09. The van der Waals surface area contributed by atoms with Crippen LogP contribution in [0.5, 0.6) is 0 Å². The molecule has 1 aromatic rings. The molecule has 1 rings (SSSR count). The molecule has 0 fully saturated rings. The number of hydrogen-bond acceptors (Lipinski definition) is 2. The summed E-state index contributed by atoms with van der Waals surface area (Å²) in [7, 11) is 0. The zero-order valence-corrected chi connectivity index (χ0v) is 8.14. The Hall–Kier alpha value is -1.30. The molecule has 0 saturated heterocycles. The minimum Gasteiger partial charge on any atom is -0.393 e. The third kappa shape index (κ3) is 2.59. The average Bonchev–Trinajstić information content (AvgIpc) is 2.16. The minimum absolute atomic E-state index is 0.304. The van der Waals surface area contributed by atoms with Gasteiger partial charge >= 0.3 is 0 Å². The fourth-order valence-corrected chi connectivity index (χ4v) is 1.37. The fraction of sp³-hybridized carbons (Fsp3) is 0.333. The summed E-state index contributed by atoms with van der Waals surface area (Å²) in [6.07, 6.45) is 4.38. The van der Waals surface area contributed by atoms with E-state index in [1.165, 1.54) is 0 Å². The molecule has 2 atom stereocenters. The van der Waals surface area contributed by atoms with E-state index >= 15 is 0 Å². The average molecular weight is 190 g/mol. The van der Waals surface area contributed by atoms with E-state index in [0.29, 0.717) is 17.5 Å². The van der Waals surface area contributed by atoms with Crippen LogP contribution in [0.15, 0.2) is 24.3 Å². The highest BCUT2D eigenvalue weighted by atomic mass is 16.3. The van der Waals surface area contributed by atoms with Crippen molar-refractivity contribution >= 4 is 0 Å². The Bertz CT molecular complexity index is 336. The molecule has 2 heteroatoms. The first-order valence-electron chi connectivity index (χ1n) is 4.56. The maximum atomic E-state index is 9.75. The number of rotatable bonds is 3. The zero-order chi connectivity index (χ0) is 10.6. The fourth-order valence-electron chi connectivity index (χ4n) is 1.37. The van der Waals surface area contributed by atoms with Crippen LogP contribution in [-0.2, 0) is 0 Å². The lowest BCUT2D eigenvalue weighted by molar-refractivity contribution is 0.0906. The Morgan fingerprint density at radius 3 is 2.57 bits per heavy atom. The van der Waals surface area contributed by atoms with Gasteiger partial charge in [-0.15, -0.1) is 6.42 Å². The zero-order valence-electron chi connectivity index (χ0n) is 8.14. The number of benzene rings is 1. The predicted octanol–water partition coefficient (Wildman–Crippen LogP) is 1.47. The molecule has 0 aliphatic rings. The molecule has 1 aromatic carbocycles. The second-order valence-electron chi connectivity index (χ2n) is 3.33. The van der Waals surface area contributed by atoms with Gasteiger partial charge in [-0.05, 0) is 18.6 Å². The highest BCUT2D eigenvalue weighted by molar-refractivity contribution is 5.40. The monoisotopic (exact) mass is 190 g/mol. The molecule has 0 unspecified atom stereocenters. The van der Waals surface area contributed by atoms with Crippen molar-refractivity contribution in [3.05, 3.63) is 35.4 Å². The summed E-state index contributed by atoms with van der Waals surface area (Å²) >= 11 is 0. The molecule has 0 spiro atoms. The molecule has 2 N–H and O–H groups in total. The van der Waals surface area contributed by atoms with Crippen molar-refractivity contribution in [1.82, 2.24) is 0 Å². The highest BCUT2D eigenvalue weighted by Crippen LogP contribution is 2.21. The maximum absolute atomic E-state index is 9.75. The van der Waals surface area contributed by atoms with E-state index in [9.17, 15) is 5.11 Å². The molecular formula is C12H14O2. The molecule has 0 radical (unpaired) electrons. The summed E-state index contributed by atoms with van der Waals surface area (Å²) < 4.78 is 0. The molecule has 0 heterocycles. The van der Waals surface area contributed by atoms with Crippen molar-refractivity contribution in [2.75, 3.05) is 0 Å². The summed E-state index contributed by atoms with van der Waals surface area (Å²) in [5.74, 6) is 2.51. The van der Waals surface area contributed by atoms with E-state index in [2.05, 4.69) is 5.92 Å². The molecule has 0 bridgehead atoms. The van der Waals surface area contributed by atoms with Gasteiger partial charge in [-0.3, -0.25) is 0 Å². The van der Waals surface area contributed by atoms with E-state index in [0.717, 1.165) is 0 Å². The lowest BCUT2D eigenvalue weighted by Gasteiger charge is -2.14. The topological polar surface area (TPSA) is 40.5 Å². The van der Waals surface area contributed by atoms with Crippen molar-refractivity contribution in [2.24, 2.45) is 0 Å². The van der Waals surface area contributed by atoms with Gasteiger partial charge in [-0.25, -0.2) is 0 Å². The Balaban J connectivity index is 2.89. The van der Waals surface area contributed by atoms with Crippen molar-refractivity contribution in [3.63, 3.8) is 0 Å². The molecule has 2 nitrogen and oxygen atoms in total. The van der Waals surface area contributed by atoms with Crippen LogP contribution in [0.25, 0.3) is 0 Å². The van der Waals surface area contributed by atoms with Gasteiger partial charge in [0.25, 0.3) is 0 Å². The van der Waals surface area contributed by atoms with E-state index in [4.69, 9.17) is 11.5 Å². The predicted molar refractivity (Wildman–Crippen MR) is 55.6 cm³/mol. The molecule has 74 valence electrons. The molecule has 14 heavy (non-hydrogen) atoms. The highest BCUT2D eigenvalue weighted by Gasteiger charge is 2.12. The molecule has 0 amide bonds. The van der Waals surface area contributed by atoms with E-state index in [1.54, 1.807) is 19.1 Å². The molecule has 0 saturated carbocycles. The number of aliphatic hydroxyl groups excluding tert-OH is 2. The lowest BCUT2D eigenvalue weighted by atomic mass is 9.99. The van der Waals surface area contributed by atoms with Crippen LogP contribution < -0.4 is 0 Å². The van der Waals surface area contributed by atoms with Gasteiger partial charge in [0, 0.05) is 12.0 Å². The van der Waals surface area contributed by atoms with Crippen molar-refractivity contribution in [1.29, 1.82) is 0 Å². The van der Waals surface area contributed by atoms with Crippen molar-refractivity contribution in [2.45, 2.75) is 25.6 Å². The first kappa shape index (κ1) is 10.8. The second kappa shape index (κ2) is 4.80. The van der Waals surface area contributed by atoms with E-state index in [1.807, 2.05) is 12.1 Å². The first-order chi connectivity index (χ1) is 6.65. The van der Waals surface area contributed by atoms with Crippen LogP contribution in [0.3, 0.4) is 0 Å². The SMILES string of the molecule is C#Cc1ccccc1[C@H](O)C[C@H](C)O. The smallest absolute Gasteiger partial charge is 0.0826 e. The van der Waals surface area contributed by atoms with Crippen LogP contribution >= 0.6 is 0 Å². The number of hydrogen-bond donors (Lipinski definition) is 2. The maximum Gasteiger partial charge on any atom is 0.0826 e. The summed E-state index contributed by atoms with van der Waals surface area (Å²) in [4.78, 5) is 0. The Morgan fingerprint density at radius 1 is 1.36 bits per heavy atom. The first-order valence-corrected chi connectivity index (χ1v) is 4.56. The summed E-state index contributed by atoms with van der Waals surface area (Å²) in [6.45, 7) is 1.64. The third-order valence-electron chi connectivity index (χ3n) is 2.04. The van der Waals surface area contributed by atoms with Crippen LogP contribution in [-0.4, -0.2) is 16.3 Å². The van der Waals surface area contributed by atoms with Gasteiger partial charge in [0.1, 0.15) is 0 Å². The molecule has 0 aromatic heterocycles. The quantitative estimate of drug-likeness (QED) is 0.709. The van der Waals surface area contributed by atoms with Crippen LogP contribution in [0.1, 0.15) is 30.6 Å². The van der Waals surface area contributed by atoms with Gasteiger partial charge in [0.05, 0.1) is 12.2 Å². The molecular weight excluding hydrogens is 176 g/mol. The summed E-state index contributed by atoms with van der Waals surface area (Å²) in [5.41, 5.74) is 1.39. The Kier molecular flexibility index (Phi) is 3.70.